The van der Waals surface area contributed by atoms with E-state index in [0.717, 1.165) is 0 Å². The first kappa shape index (κ1) is 20.4. The van der Waals surface area contributed by atoms with E-state index in [4.69, 9.17) is 14.6 Å². The average molecular weight is 387 g/mol. The number of rotatable bonds is 9. The van der Waals surface area contributed by atoms with Crippen molar-refractivity contribution in [3.05, 3.63) is 63.7 Å². The Morgan fingerprint density at radius 2 is 1.89 bits per heavy atom. The van der Waals surface area contributed by atoms with E-state index in [0.29, 0.717) is 11.1 Å². The van der Waals surface area contributed by atoms with Gasteiger partial charge in [0, 0.05) is 11.6 Å². The van der Waals surface area contributed by atoms with Gasteiger partial charge in [0.1, 0.15) is 5.75 Å². The molecule has 1 amide bonds. The topological polar surface area (TPSA) is 140 Å². The van der Waals surface area contributed by atoms with Gasteiger partial charge >= 0.3 is 11.7 Å². The van der Waals surface area contributed by atoms with Crippen LogP contribution in [0.5, 0.6) is 11.5 Å². The van der Waals surface area contributed by atoms with Crippen LogP contribution in [0.3, 0.4) is 0 Å². The summed E-state index contributed by atoms with van der Waals surface area (Å²) in [7, 11) is 0. The van der Waals surface area contributed by atoms with E-state index in [-0.39, 0.29) is 17.2 Å². The molecule has 0 aliphatic rings. The first-order chi connectivity index (χ1) is 13.4. The lowest BCUT2D eigenvalue weighted by Crippen LogP contribution is -2.24. The molecule has 146 valence electrons. The summed E-state index contributed by atoms with van der Waals surface area (Å²) in [5.74, 6) is -1.49. The molecule has 0 atom stereocenters. The van der Waals surface area contributed by atoms with Crippen molar-refractivity contribution in [2.75, 3.05) is 13.2 Å². The quantitative estimate of drug-likeness (QED) is 0.380. The van der Waals surface area contributed by atoms with Crippen LogP contribution in [0.1, 0.15) is 11.1 Å². The second-order valence-electron chi connectivity index (χ2n) is 5.53. The van der Waals surface area contributed by atoms with Gasteiger partial charge in [-0.3, -0.25) is 14.9 Å². The fraction of sp³-hybridized carbons (Fsp3) is 0.167. The highest BCUT2D eigenvalue weighted by molar-refractivity contribution is 5.85. The molecule has 2 N–H and O–H groups in total. The summed E-state index contributed by atoms with van der Waals surface area (Å²) in [6.07, 6.45) is 1.28. The van der Waals surface area contributed by atoms with Gasteiger partial charge in [-0.25, -0.2) is 10.2 Å². The molecule has 0 aliphatic heterocycles. The number of para-hydroxylation sites is 1. The number of hydrogen-bond donors (Lipinski definition) is 2. The second kappa shape index (κ2) is 9.67. The molecule has 2 aromatic carbocycles. The molecule has 0 aliphatic carbocycles. The van der Waals surface area contributed by atoms with E-state index >= 15 is 0 Å². The predicted octanol–water partition coefficient (Wildman–Crippen LogP) is 1.90. The summed E-state index contributed by atoms with van der Waals surface area (Å²) in [6, 6.07) is 10.9. The molecule has 2 aromatic rings. The molecular formula is C18H17N3O7. The van der Waals surface area contributed by atoms with Crippen molar-refractivity contribution < 1.29 is 29.1 Å². The van der Waals surface area contributed by atoms with Crippen LogP contribution >= 0.6 is 0 Å². The van der Waals surface area contributed by atoms with Gasteiger partial charge < -0.3 is 14.6 Å². The summed E-state index contributed by atoms with van der Waals surface area (Å²) in [5, 5.41) is 23.4. The van der Waals surface area contributed by atoms with Crippen molar-refractivity contribution in [3.8, 4) is 11.5 Å². The SMILES string of the molecule is Cc1ccc(OCC(=O)NN=Cc2ccccc2OCC(=O)O)c([N+](=O)[O-])c1. The first-order valence-corrected chi connectivity index (χ1v) is 8.00. The van der Waals surface area contributed by atoms with Crippen molar-refractivity contribution in [1.29, 1.82) is 0 Å². The molecule has 10 nitrogen and oxygen atoms in total. The molecule has 0 heterocycles. The summed E-state index contributed by atoms with van der Waals surface area (Å²) in [6.45, 7) is 0.717. The van der Waals surface area contributed by atoms with Crippen molar-refractivity contribution in [2.45, 2.75) is 6.92 Å². The molecule has 2 rings (SSSR count). The lowest BCUT2D eigenvalue weighted by atomic mass is 10.2. The molecule has 0 saturated carbocycles. The van der Waals surface area contributed by atoms with Crippen molar-refractivity contribution >= 4 is 23.8 Å². The Morgan fingerprint density at radius 3 is 2.61 bits per heavy atom. The van der Waals surface area contributed by atoms with E-state index in [9.17, 15) is 19.7 Å². The van der Waals surface area contributed by atoms with Crippen LogP contribution in [0.25, 0.3) is 0 Å². The molecular weight excluding hydrogens is 370 g/mol. The number of hydrazone groups is 1. The highest BCUT2D eigenvalue weighted by Gasteiger charge is 2.16. The number of aryl methyl sites for hydroxylation is 1. The number of hydrogen-bond acceptors (Lipinski definition) is 7. The maximum atomic E-state index is 11.8. The van der Waals surface area contributed by atoms with Crippen LogP contribution in [-0.4, -0.2) is 41.3 Å². The number of nitro benzene ring substituents is 1. The molecule has 0 unspecified atom stereocenters. The van der Waals surface area contributed by atoms with Gasteiger partial charge in [0.05, 0.1) is 11.1 Å². The Kier molecular flexibility index (Phi) is 7.03. The van der Waals surface area contributed by atoms with E-state index in [1.807, 2.05) is 0 Å². The Bertz CT molecular complexity index is 912. The minimum atomic E-state index is -1.12. The van der Waals surface area contributed by atoms with Crippen LogP contribution in [0, 0.1) is 17.0 Å². The van der Waals surface area contributed by atoms with Crippen LogP contribution in [0.15, 0.2) is 47.6 Å². The first-order valence-electron chi connectivity index (χ1n) is 8.00. The predicted molar refractivity (Wildman–Crippen MR) is 98.6 cm³/mol. The zero-order valence-electron chi connectivity index (χ0n) is 14.8. The van der Waals surface area contributed by atoms with Crippen molar-refractivity contribution in [3.63, 3.8) is 0 Å². The Balaban J connectivity index is 1.93. The summed E-state index contributed by atoms with van der Waals surface area (Å²) < 4.78 is 10.3. The zero-order valence-corrected chi connectivity index (χ0v) is 14.8. The van der Waals surface area contributed by atoms with Crippen molar-refractivity contribution in [1.82, 2.24) is 5.43 Å². The molecule has 0 radical (unpaired) electrons. The Hall–Kier alpha value is -3.95. The summed E-state index contributed by atoms with van der Waals surface area (Å²) in [5.41, 5.74) is 3.13. The third-order valence-corrected chi connectivity index (χ3v) is 3.33. The van der Waals surface area contributed by atoms with E-state index in [1.165, 1.54) is 18.3 Å². The van der Waals surface area contributed by atoms with E-state index in [2.05, 4.69) is 10.5 Å². The Labute approximate surface area is 159 Å². The number of amides is 1. The lowest BCUT2D eigenvalue weighted by Gasteiger charge is -2.07. The third kappa shape index (κ3) is 6.09. The van der Waals surface area contributed by atoms with Crippen LogP contribution in [0.4, 0.5) is 5.69 Å². The molecule has 0 aromatic heterocycles. The molecule has 0 saturated heterocycles. The number of nitrogens with one attached hydrogen (secondary N) is 1. The minimum Gasteiger partial charge on any atom is -0.481 e. The highest BCUT2D eigenvalue weighted by atomic mass is 16.6. The van der Waals surface area contributed by atoms with Crippen LogP contribution in [0.2, 0.25) is 0 Å². The molecule has 0 bridgehead atoms. The number of carbonyl (C=O) groups is 2. The number of ether oxygens (including phenoxy) is 2. The normalized spacial score (nSPS) is 10.5. The molecule has 0 fully saturated rings. The second-order valence-corrected chi connectivity index (χ2v) is 5.53. The van der Waals surface area contributed by atoms with Gasteiger partial charge in [-0.05, 0) is 30.7 Å². The average Bonchev–Trinajstić information content (AvgIpc) is 2.66. The number of aliphatic carboxylic acids is 1. The van der Waals surface area contributed by atoms with Crippen LogP contribution in [-0.2, 0) is 9.59 Å². The van der Waals surface area contributed by atoms with Gasteiger partial charge in [0.25, 0.3) is 5.91 Å². The summed E-state index contributed by atoms with van der Waals surface area (Å²) >= 11 is 0. The smallest absolute Gasteiger partial charge is 0.341 e. The van der Waals surface area contributed by atoms with Crippen LogP contribution < -0.4 is 14.9 Å². The van der Waals surface area contributed by atoms with E-state index < -0.39 is 30.0 Å². The standard InChI is InChI=1S/C18H17N3O7/c1-12-6-7-16(14(8-12)21(25)26)27-10-17(22)20-19-9-13-4-2-3-5-15(13)28-11-18(23)24/h2-9H,10-11H2,1H3,(H,20,22)(H,23,24). The monoisotopic (exact) mass is 387 g/mol. The van der Waals surface area contributed by atoms with Gasteiger partial charge in [0.15, 0.2) is 19.0 Å². The number of nitro groups is 1. The maximum absolute atomic E-state index is 11.8. The van der Waals surface area contributed by atoms with Gasteiger partial charge in [0.2, 0.25) is 0 Å². The number of carboxylic acids is 1. The lowest BCUT2D eigenvalue weighted by molar-refractivity contribution is -0.385. The zero-order chi connectivity index (χ0) is 20.5. The number of benzene rings is 2. The Morgan fingerprint density at radius 1 is 1.18 bits per heavy atom. The highest BCUT2D eigenvalue weighted by Crippen LogP contribution is 2.27. The fourth-order valence-electron chi connectivity index (χ4n) is 2.10. The summed E-state index contributed by atoms with van der Waals surface area (Å²) in [4.78, 5) is 32.9. The number of nitrogens with zero attached hydrogens (tertiary/aromatic N) is 2. The largest absolute Gasteiger partial charge is 0.481 e. The maximum Gasteiger partial charge on any atom is 0.341 e. The number of carboxylic acid groups (broad SMARTS) is 1. The minimum absolute atomic E-state index is 0.0258. The van der Waals surface area contributed by atoms with Crippen molar-refractivity contribution in [2.24, 2.45) is 5.10 Å². The fourth-order valence-corrected chi connectivity index (χ4v) is 2.10. The van der Waals surface area contributed by atoms with Gasteiger partial charge in [-0.15, -0.1) is 0 Å². The molecule has 28 heavy (non-hydrogen) atoms. The van der Waals surface area contributed by atoms with E-state index in [1.54, 1.807) is 37.3 Å². The van der Waals surface area contributed by atoms with Gasteiger partial charge in [-0.2, -0.15) is 5.10 Å². The van der Waals surface area contributed by atoms with Gasteiger partial charge in [-0.1, -0.05) is 18.2 Å². The third-order valence-electron chi connectivity index (χ3n) is 3.33. The number of carbonyl (C=O) groups excluding carboxylic acids is 1. The molecule has 0 spiro atoms. The molecule has 10 heteroatoms.